The lowest BCUT2D eigenvalue weighted by atomic mass is 9.91. The highest BCUT2D eigenvalue weighted by Gasteiger charge is 2.17. The number of benzene rings is 7. The van der Waals surface area contributed by atoms with Gasteiger partial charge < -0.3 is 0 Å². The van der Waals surface area contributed by atoms with Crippen molar-refractivity contribution < 1.29 is 0 Å². The van der Waals surface area contributed by atoms with Crippen LogP contribution >= 0.6 is 0 Å². The number of nitrogens with zero attached hydrogens (tertiary/aromatic N) is 2. The van der Waals surface area contributed by atoms with Crippen LogP contribution in [0.4, 0.5) is 0 Å². The standard InChI is InChI=1S/C38H24N2/c1-2-13-27(14-3-1)38-39-35(32-20-10-16-25-11-4-7-17-29(25)32)24-36(40-38)37-31-19-9-6-15-28(31)23-34-30-18-8-5-12-26(30)21-22-33(34)37/h1-24H. The van der Waals surface area contributed by atoms with Gasteiger partial charge in [-0.2, -0.15) is 0 Å². The molecule has 0 atom stereocenters. The number of hydrogen-bond donors (Lipinski definition) is 0. The molecular formula is C38H24N2. The molecule has 0 aliphatic heterocycles. The van der Waals surface area contributed by atoms with Crippen LogP contribution in [0.2, 0.25) is 0 Å². The summed E-state index contributed by atoms with van der Waals surface area (Å²) >= 11 is 0. The van der Waals surface area contributed by atoms with Crippen LogP contribution in [-0.2, 0) is 0 Å². The summed E-state index contributed by atoms with van der Waals surface area (Å²) < 4.78 is 0. The summed E-state index contributed by atoms with van der Waals surface area (Å²) in [5, 5.41) is 9.68. The van der Waals surface area contributed by atoms with E-state index >= 15 is 0 Å². The summed E-state index contributed by atoms with van der Waals surface area (Å²) in [5.41, 5.74) is 5.09. The minimum Gasteiger partial charge on any atom is -0.228 e. The molecule has 0 bridgehead atoms. The Kier molecular flexibility index (Phi) is 5.17. The first-order valence-corrected chi connectivity index (χ1v) is 13.6. The zero-order chi connectivity index (χ0) is 26.5. The predicted octanol–water partition coefficient (Wildman–Crippen LogP) is 10.1. The molecule has 8 rings (SSSR count). The topological polar surface area (TPSA) is 25.8 Å². The van der Waals surface area contributed by atoms with Crippen molar-refractivity contribution in [3.05, 3.63) is 146 Å². The van der Waals surface area contributed by atoms with Crippen LogP contribution in [0, 0.1) is 0 Å². The van der Waals surface area contributed by atoms with E-state index in [9.17, 15) is 0 Å². The van der Waals surface area contributed by atoms with Crippen molar-refractivity contribution in [1.82, 2.24) is 9.97 Å². The van der Waals surface area contributed by atoms with E-state index in [1.54, 1.807) is 0 Å². The Morgan fingerprint density at radius 1 is 0.350 bits per heavy atom. The number of aromatic nitrogens is 2. The second-order valence-corrected chi connectivity index (χ2v) is 10.2. The lowest BCUT2D eigenvalue weighted by molar-refractivity contribution is 1.19. The molecule has 8 aromatic rings. The Labute approximate surface area is 232 Å². The maximum absolute atomic E-state index is 5.25. The van der Waals surface area contributed by atoms with E-state index in [1.165, 1.54) is 43.1 Å². The zero-order valence-corrected chi connectivity index (χ0v) is 21.8. The van der Waals surface area contributed by atoms with E-state index in [-0.39, 0.29) is 0 Å². The molecule has 186 valence electrons. The second-order valence-electron chi connectivity index (χ2n) is 10.2. The molecule has 2 heteroatoms. The Morgan fingerprint density at radius 2 is 0.975 bits per heavy atom. The monoisotopic (exact) mass is 508 g/mol. The Hall–Kier alpha value is -5.34. The molecule has 0 N–H and O–H groups in total. The summed E-state index contributed by atoms with van der Waals surface area (Å²) in [7, 11) is 0. The quantitative estimate of drug-likeness (QED) is 0.175. The second kappa shape index (κ2) is 9.14. The third-order valence-corrected chi connectivity index (χ3v) is 7.85. The van der Waals surface area contributed by atoms with Gasteiger partial charge in [0.25, 0.3) is 0 Å². The van der Waals surface area contributed by atoms with E-state index < -0.39 is 0 Å². The molecule has 0 saturated carbocycles. The first kappa shape index (κ1) is 22.6. The fourth-order valence-electron chi connectivity index (χ4n) is 5.97. The van der Waals surface area contributed by atoms with E-state index in [0.29, 0.717) is 0 Å². The third-order valence-electron chi connectivity index (χ3n) is 7.85. The van der Waals surface area contributed by atoms with Crippen LogP contribution in [0.3, 0.4) is 0 Å². The first-order chi connectivity index (χ1) is 19.8. The molecule has 0 fully saturated rings. The molecule has 0 radical (unpaired) electrons. The summed E-state index contributed by atoms with van der Waals surface area (Å²) in [6, 6.07) is 51.4. The van der Waals surface area contributed by atoms with Gasteiger partial charge in [-0.15, -0.1) is 0 Å². The molecule has 0 unspecified atom stereocenters. The van der Waals surface area contributed by atoms with Gasteiger partial charge in [-0.3, -0.25) is 0 Å². The van der Waals surface area contributed by atoms with Gasteiger partial charge in [0.2, 0.25) is 0 Å². The SMILES string of the molecule is c1ccc(-c2nc(-c3cccc4ccccc34)cc(-c3c4ccccc4cc4c3ccc3ccccc34)n2)cc1. The minimum absolute atomic E-state index is 0.725. The van der Waals surface area contributed by atoms with E-state index in [4.69, 9.17) is 9.97 Å². The lowest BCUT2D eigenvalue weighted by Gasteiger charge is -2.16. The van der Waals surface area contributed by atoms with Crippen LogP contribution in [0.15, 0.2) is 146 Å². The fraction of sp³-hybridized carbons (Fsp3) is 0. The van der Waals surface area contributed by atoms with Gasteiger partial charge in [0.05, 0.1) is 11.4 Å². The minimum atomic E-state index is 0.725. The van der Waals surface area contributed by atoms with Crippen LogP contribution in [0.5, 0.6) is 0 Å². The highest BCUT2D eigenvalue weighted by atomic mass is 14.9. The van der Waals surface area contributed by atoms with Gasteiger partial charge in [-0.1, -0.05) is 133 Å². The van der Waals surface area contributed by atoms with Gasteiger partial charge in [0, 0.05) is 16.7 Å². The van der Waals surface area contributed by atoms with Crippen molar-refractivity contribution >= 4 is 43.1 Å². The van der Waals surface area contributed by atoms with Crippen molar-refractivity contribution in [2.24, 2.45) is 0 Å². The molecule has 0 amide bonds. The van der Waals surface area contributed by atoms with Crippen molar-refractivity contribution in [2.75, 3.05) is 0 Å². The molecule has 1 aromatic heterocycles. The van der Waals surface area contributed by atoms with Crippen molar-refractivity contribution in [1.29, 1.82) is 0 Å². The molecule has 1 heterocycles. The fourth-order valence-corrected chi connectivity index (χ4v) is 5.97. The number of rotatable bonds is 3. The summed E-state index contributed by atoms with van der Waals surface area (Å²) in [6.07, 6.45) is 0. The van der Waals surface area contributed by atoms with Crippen molar-refractivity contribution in [3.8, 4) is 33.9 Å². The van der Waals surface area contributed by atoms with Crippen LogP contribution in [0.1, 0.15) is 0 Å². The van der Waals surface area contributed by atoms with Crippen molar-refractivity contribution in [3.63, 3.8) is 0 Å². The van der Waals surface area contributed by atoms with Crippen LogP contribution < -0.4 is 0 Å². The maximum Gasteiger partial charge on any atom is 0.160 e. The lowest BCUT2D eigenvalue weighted by Crippen LogP contribution is -1.97. The largest absolute Gasteiger partial charge is 0.228 e. The average molecular weight is 509 g/mol. The van der Waals surface area contributed by atoms with E-state index in [2.05, 4.69) is 127 Å². The Morgan fingerprint density at radius 3 is 1.80 bits per heavy atom. The highest BCUT2D eigenvalue weighted by Crippen LogP contribution is 2.40. The highest BCUT2D eigenvalue weighted by molar-refractivity contribution is 6.19. The summed E-state index contributed by atoms with van der Waals surface area (Å²) in [4.78, 5) is 10.4. The molecule has 40 heavy (non-hydrogen) atoms. The molecular weight excluding hydrogens is 484 g/mol. The maximum atomic E-state index is 5.25. The Balaban J connectivity index is 1.51. The predicted molar refractivity (Wildman–Crippen MR) is 168 cm³/mol. The average Bonchev–Trinajstić information content (AvgIpc) is 3.03. The van der Waals surface area contributed by atoms with Crippen molar-refractivity contribution in [2.45, 2.75) is 0 Å². The first-order valence-electron chi connectivity index (χ1n) is 13.6. The molecule has 0 aliphatic rings. The number of hydrogen-bond acceptors (Lipinski definition) is 2. The van der Waals surface area contributed by atoms with Gasteiger partial charge in [-0.25, -0.2) is 9.97 Å². The summed E-state index contributed by atoms with van der Waals surface area (Å²) in [5.74, 6) is 0.725. The summed E-state index contributed by atoms with van der Waals surface area (Å²) in [6.45, 7) is 0. The Bertz CT molecular complexity index is 2210. The molecule has 7 aromatic carbocycles. The van der Waals surface area contributed by atoms with Gasteiger partial charge in [-0.05, 0) is 55.2 Å². The molecule has 0 spiro atoms. The van der Waals surface area contributed by atoms with Gasteiger partial charge in [0.15, 0.2) is 5.82 Å². The molecule has 2 nitrogen and oxygen atoms in total. The number of fused-ring (bicyclic) bond motifs is 5. The van der Waals surface area contributed by atoms with Crippen LogP contribution in [0.25, 0.3) is 77.0 Å². The van der Waals surface area contributed by atoms with Gasteiger partial charge >= 0.3 is 0 Å². The smallest absolute Gasteiger partial charge is 0.160 e. The van der Waals surface area contributed by atoms with E-state index in [0.717, 1.165) is 33.9 Å². The van der Waals surface area contributed by atoms with E-state index in [1.807, 2.05) is 18.2 Å². The van der Waals surface area contributed by atoms with Gasteiger partial charge in [0.1, 0.15) is 0 Å². The normalized spacial score (nSPS) is 11.5. The molecule has 0 aliphatic carbocycles. The third kappa shape index (κ3) is 3.65. The van der Waals surface area contributed by atoms with Crippen LogP contribution in [-0.4, -0.2) is 9.97 Å². The zero-order valence-electron chi connectivity index (χ0n) is 21.8. The molecule has 0 saturated heterocycles.